The van der Waals surface area contributed by atoms with Gasteiger partial charge in [0.05, 0.1) is 22.2 Å². The van der Waals surface area contributed by atoms with Gasteiger partial charge < -0.3 is 13.7 Å². The van der Waals surface area contributed by atoms with E-state index in [4.69, 9.17) is 8.83 Å². The molecule has 0 bridgehead atoms. The van der Waals surface area contributed by atoms with E-state index in [1.807, 2.05) is 6.07 Å². The number of benzene rings is 10. The summed E-state index contributed by atoms with van der Waals surface area (Å²) in [7, 11) is 0. The lowest BCUT2D eigenvalue weighted by molar-refractivity contribution is 0.668. The zero-order valence-corrected chi connectivity index (χ0v) is 34.8. The average Bonchev–Trinajstić information content (AvgIpc) is 4.04. The Balaban J connectivity index is 1.05. The van der Waals surface area contributed by atoms with Crippen molar-refractivity contribution < 1.29 is 8.83 Å². The smallest absolute Gasteiger partial charge is 0.159 e. The van der Waals surface area contributed by atoms with Gasteiger partial charge in [0.15, 0.2) is 5.58 Å². The van der Waals surface area contributed by atoms with Crippen LogP contribution < -0.4 is 4.90 Å². The first-order valence-electron chi connectivity index (χ1n) is 21.9. The van der Waals surface area contributed by atoms with Gasteiger partial charge in [-0.15, -0.1) is 0 Å². The molecule has 0 unspecified atom stereocenters. The van der Waals surface area contributed by atoms with Gasteiger partial charge in [-0.2, -0.15) is 0 Å². The van der Waals surface area contributed by atoms with Gasteiger partial charge in [-0.3, -0.25) is 0 Å². The molecule has 0 fully saturated rings. The maximum atomic E-state index is 6.80. The first-order chi connectivity index (χ1) is 31.7. The lowest BCUT2D eigenvalue weighted by atomic mass is 9.67. The molecular weight excluding hydrogens is 779 g/mol. The van der Waals surface area contributed by atoms with Crippen molar-refractivity contribution in [3.05, 3.63) is 259 Å². The first-order valence-corrected chi connectivity index (χ1v) is 21.9. The van der Waals surface area contributed by atoms with Crippen molar-refractivity contribution in [2.24, 2.45) is 0 Å². The molecule has 0 saturated carbocycles. The number of nitrogens with zero attached hydrogens (tertiary/aromatic N) is 1. The number of rotatable bonds is 7. The molecular formula is C61H39NO2. The predicted molar refractivity (Wildman–Crippen MR) is 264 cm³/mol. The van der Waals surface area contributed by atoms with Gasteiger partial charge >= 0.3 is 0 Å². The summed E-state index contributed by atoms with van der Waals surface area (Å²) in [6, 6.07) is 85.2. The normalized spacial score (nSPS) is 12.8. The summed E-state index contributed by atoms with van der Waals surface area (Å²) in [4.78, 5) is 2.36. The second kappa shape index (κ2) is 14.3. The minimum atomic E-state index is -0.556. The minimum absolute atomic E-state index is 0.556. The predicted octanol–water partition coefficient (Wildman–Crippen LogP) is 16.7. The van der Waals surface area contributed by atoms with Crippen molar-refractivity contribution in [2.75, 3.05) is 4.90 Å². The zero-order valence-electron chi connectivity index (χ0n) is 34.8. The fourth-order valence-corrected chi connectivity index (χ4v) is 10.5. The van der Waals surface area contributed by atoms with Gasteiger partial charge in [-0.25, -0.2) is 0 Å². The van der Waals surface area contributed by atoms with Gasteiger partial charge in [-0.05, 0) is 104 Å². The van der Waals surface area contributed by atoms with Crippen molar-refractivity contribution in [1.82, 2.24) is 0 Å². The summed E-state index contributed by atoms with van der Waals surface area (Å²) in [5.74, 6) is 0. The van der Waals surface area contributed by atoms with Crippen molar-refractivity contribution in [3.8, 4) is 33.4 Å². The molecule has 2 aromatic heterocycles. The van der Waals surface area contributed by atoms with E-state index in [0.717, 1.165) is 72.1 Å². The highest BCUT2D eigenvalue weighted by Crippen LogP contribution is 2.57. The molecule has 12 aromatic rings. The molecule has 0 radical (unpaired) electrons. The Morgan fingerprint density at radius 1 is 0.328 bits per heavy atom. The Morgan fingerprint density at radius 3 is 1.56 bits per heavy atom. The Labute approximate surface area is 370 Å². The summed E-state index contributed by atoms with van der Waals surface area (Å²) < 4.78 is 13.4. The number of fused-ring (bicyclic) bond motifs is 9. The summed E-state index contributed by atoms with van der Waals surface area (Å²) in [6.07, 6.45) is 0. The molecule has 1 aliphatic carbocycles. The van der Waals surface area contributed by atoms with Crippen LogP contribution in [-0.4, -0.2) is 0 Å². The van der Waals surface area contributed by atoms with Crippen LogP contribution in [0.25, 0.3) is 77.3 Å². The SMILES string of the molecule is c1ccc(-c2ccc(C3(c4ccc(N(c5cccc6c5oc5ccccc56)c5cccc6oc7ccc(-c8ccccc8)cc7c56)cc4)c4ccccc4-c4ccccc43)cc2)cc1. The van der Waals surface area contributed by atoms with Crippen LogP contribution in [0.1, 0.15) is 22.3 Å². The topological polar surface area (TPSA) is 29.5 Å². The average molecular weight is 818 g/mol. The fraction of sp³-hybridized carbons (Fsp3) is 0.0164. The monoisotopic (exact) mass is 817 g/mol. The highest BCUT2D eigenvalue weighted by molar-refractivity contribution is 6.16. The van der Waals surface area contributed by atoms with Gasteiger partial charge in [0.1, 0.15) is 16.7 Å². The molecule has 3 heteroatoms. The third-order valence-electron chi connectivity index (χ3n) is 13.4. The van der Waals surface area contributed by atoms with Gasteiger partial charge in [0, 0.05) is 21.8 Å². The zero-order chi connectivity index (χ0) is 42.2. The second-order valence-electron chi connectivity index (χ2n) is 16.7. The largest absolute Gasteiger partial charge is 0.456 e. The Kier molecular flexibility index (Phi) is 8.13. The van der Waals surface area contributed by atoms with E-state index < -0.39 is 5.41 Å². The quantitative estimate of drug-likeness (QED) is 0.160. The standard InChI is InChI=1S/C61H39NO2/c1-3-15-40(16-4-1)42-29-32-44(33-30-42)61(52-23-10-7-19-47(52)48-20-8-11-24-53(48)61)45-34-36-46(37-35-45)62(55-26-13-22-50-49-21-9-12-27-56(49)64-60(50)55)54-25-14-28-58-59(54)51-39-43(31-38-57(51)63-58)41-17-5-2-6-18-41/h1-39H. The third-order valence-corrected chi connectivity index (χ3v) is 13.4. The lowest BCUT2D eigenvalue weighted by Crippen LogP contribution is -2.28. The van der Waals surface area contributed by atoms with Crippen molar-refractivity contribution >= 4 is 60.9 Å². The number of hydrogen-bond acceptors (Lipinski definition) is 3. The molecule has 2 heterocycles. The van der Waals surface area contributed by atoms with Crippen LogP contribution in [0, 0.1) is 0 Å². The molecule has 0 saturated heterocycles. The van der Waals surface area contributed by atoms with Crippen LogP contribution in [-0.2, 0) is 5.41 Å². The fourth-order valence-electron chi connectivity index (χ4n) is 10.5. The molecule has 0 aliphatic heterocycles. The van der Waals surface area contributed by atoms with E-state index in [1.165, 1.54) is 44.5 Å². The van der Waals surface area contributed by atoms with Crippen LogP contribution in [0.5, 0.6) is 0 Å². The van der Waals surface area contributed by atoms with Crippen LogP contribution in [0.4, 0.5) is 17.1 Å². The van der Waals surface area contributed by atoms with Crippen LogP contribution >= 0.6 is 0 Å². The highest BCUT2D eigenvalue weighted by atomic mass is 16.3. The molecule has 0 atom stereocenters. The number of anilines is 3. The van der Waals surface area contributed by atoms with E-state index >= 15 is 0 Å². The summed E-state index contributed by atoms with van der Waals surface area (Å²) in [6.45, 7) is 0. The maximum absolute atomic E-state index is 6.80. The van der Waals surface area contributed by atoms with Gasteiger partial charge in [0.2, 0.25) is 0 Å². The lowest BCUT2D eigenvalue weighted by Gasteiger charge is -2.34. The van der Waals surface area contributed by atoms with Gasteiger partial charge in [-0.1, -0.05) is 188 Å². The van der Waals surface area contributed by atoms with Crippen LogP contribution in [0.3, 0.4) is 0 Å². The minimum Gasteiger partial charge on any atom is -0.456 e. The molecule has 10 aromatic carbocycles. The van der Waals surface area contributed by atoms with Crippen molar-refractivity contribution in [2.45, 2.75) is 5.41 Å². The van der Waals surface area contributed by atoms with E-state index in [2.05, 4.69) is 235 Å². The van der Waals surface area contributed by atoms with Crippen molar-refractivity contribution in [3.63, 3.8) is 0 Å². The molecule has 3 nitrogen and oxygen atoms in total. The number of para-hydroxylation sites is 2. The number of hydrogen-bond donors (Lipinski definition) is 0. The van der Waals surface area contributed by atoms with Gasteiger partial charge in [0.25, 0.3) is 0 Å². The van der Waals surface area contributed by atoms with E-state index in [-0.39, 0.29) is 0 Å². The highest BCUT2D eigenvalue weighted by Gasteiger charge is 2.46. The molecule has 1 aliphatic rings. The molecule has 0 N–H and O–H groups in total. The van der Waals surface area contributed by atoms with E-state index in [1.54, 1.807) is 0 Å². The summed E-state index contributed by atoms with van der Waals surface area (Å²) in [5, 5.41) is 4.26. The summed E-state index contributed by atoms with van der Waals surface area (Å²) in [5.41, 5.74) is 18.0. The third kappa shape index (κ3) is 5.41. The van der Waals surface area contributed by atoms with E-state index in [0.29, 0.717) is 0 Å². The van der Waals surface area contributed by atoms with E-state index in [9.17, 15) is 0 Å². The Morgan fingerprint density at radius 2 is 0.844 bits per heavy atom. The summed E-state index contributed by atoms with van der Waals surface area (Å²) >= 11 is 0. The molecule has 0 spiro atoms. The Bertz CT molecular complexity index is 3670. The second-order valence-corrected chi connectivity index (χ2v) is 16.7. The van der Waals surface area contributed by atoms with Crippen molar-refractivity contribution in [1.29, 1.82) is 0 Å². The molecule has 64 heavy (non-hydrogen) atoms. The Hall–Kier alpha value is -8.40. The molecule has 300 valence electrons. The van der Waals surface area contributed by atoms with Crippen LogP contribution in [0.2, 0.25) is 0 Å². The van der Waals surface area contributed by atoms with Crippen LogP contribution in [0.15, 0.2) is 245 Å². The first kappa shape index (κ1) is 36.3. The maximum Gasteiger partial charge on any atom is 0.159 e. The molecule has 13 rings (SSSR count). The number of furan rings is 2. The molecule has 0 amide bonds.